The SMILES string of the molecule is Clc1[c]ccc(OCc2cccs2)c1. The molecular formula is C11H8ClOS. The molecule has 2 rings (SSSR count). The van der Waals surface area contributed by atoms with E-state index in [0.717, 1.165) is 5.75 Å². The fourth-order valence-electron chi connectivity index (χ4n) is 1.06. The van der Waals surface area contributed by atoms with Gasteiger partial charge in [0.05, 0.1) is 5.02 Å². The molecule has 1 heterocycles. The summed E-state index contributed by atoms with van der Waals surface area (Å²) in [6.45, 7) is 0.595. The third-order valence-electron chi connectivity index (χ3n) is 1.70. The molecule has 1 nitrogen and oxygen atoms in total. The molecule has 0 spiro atoms. The van der Waals surface area contributed by atoms with E-state index in [-0.39, 0.29) is 0 Å². The summed E-state index contributed by atoms with van der Waals surface area (Å²) in [4.78, 5) is 1.20. The summed E-state index contributed by atoms with van der Waals surface area (Å²) in [5, 5.41) is 2.61. The van der Waals surface area contributed by atoms with Gasteiger partial charge in [0.25, 0.3) is 0 Å². The van der Waals surface area contributed by atoms with Crippen molar-refractivity contribution in [2.24, 2.45) is 0 Å². The second-order valence-electron chi connectivity index (χ2n) is 2.74. The minimum Gasteiger partial charge on any atom is -0.488 e. The van der Waals surface area contributed by atoms with E-state index in [1.54, 1.807) is 23.5 Å². The maximum Gasteiger partial charge on any atom is 0.122 e. The lowest BCUT2D eigenvalue weighted by atomic mass is 10.3. The van der Waals surface area contributed by atoms with Crippen molar-refractivity contribution >= 4 is 22.9 Å². The average molecular weight is 224 g/mol. The van der Waals surface area contributed by atoms with Crippen LogP contribution in [0.3, 0.4) is 0 Å². The predicted octanol–water partition coefficient (Wildman–Crippen LogP) is 3.78. The second kappa shape index (κ2) is 4.49. The van der Waals surface area contributed by atoms with Gasteiger partial charge in [-0.05, 0) is 29.6 Å². The number of benzene rings is 1. The largest absolute Gasteiger partial charge is 0.488 e. The quantitative estimate of drug-likeness (QED) is 0.770. The predicted molar refractivity (Wildman–Crippen MR) is 58.9 cm³/mol. The molecule has 1 radical (unpaired) electrons. The Kier molecular flexibility index (Phi) is 3.07. The monoisotopic (exact) mass is 223 g/mol. The van der Waals surface area contributed by atoms with Crippen molar-refractivity contribution in [2.45, 2.75) is 6.61 Å². The van der Waals surface area contributed by atoms with Gasteiger partial charge in [-0.1, -0.05) is 17.7 Å². The normalized spacial score (nSPS) is 10.1. The van der Waals surface area contributed by atoms with Crippen LogP contribution < -0.4 is 4.74 Å². The number of hydrogen-bond acceptors (Lipinski definition) is 2. The molecule has 14 heavy (non-hydrogen) atoms. The van der Waals surface area contributed by atoms with E-state index in [1.807, 2.05) is 23.6 Å². The Hall–Kier alpha value is -0.990. The molecule has 0 saturated heterocycles. The lowest BCUT2D eigenvalue weighted by molar-refractivity contribution is 0.310. The van der Waals surface area contributed by atoms with Crippen LogP contribution in [0.4, 0.5) is 0 Å². The third-order valence-corrected chi connectivity index (χ3v) is 2.77. The molecule has 0 N–H and O–H groups in total. The van der Waals surface area contributed by atoms with Gasteiger partial charge in [-0.25, -0.2) is 0 Å². The van der Waals surface area contributed by atoms with Gasteiger partial charge in [0, 0.05) is 10.9 Å². The van der Waals surface area contributed by atoms with Gasteiger partial charge in [0.1, 0.15) is 12.4 Å². The molecule has 0 saturated carbocycles. The van der Waals surface area contributed by atoms with Gasteiger partial charge in [-0.2, -0.15) is 0 Å². The maximum absolute atomic E-state index is 5.77. The van der Waals surface area contributed by atoms with Crippen molar-refractivity contribution < 1.29 is 4.74 Å². The number of rotatable bonds is 3. The molecule has 71 valence electrons. The van der Waals surface area contributed by atoms with Crippen LogP contribution in [0.1, 0.15) is 4.88 Å². The van der Waals surface area contributed by atoms with Crippen LogP contribution in [0, 0.1) is 6.07 Å². The summed E-state index contributed by atoms with van der Waals surface area (Å²) < 4.78 is 5.54. The van der Waals surface area contributed by atoms with Gasteiger partial charge in [0.2, 0.25) is 0 Å². The lowest BCUT2D eigenvalue weighted by Crippen LogP contribution is -1.92. The van der Waals surface area contributed by atoms with Crippen LogP contribution in [0.15, 0.2) is 35.7 Å². The van der Waals surface area contributed by atoms with Crippen molar-refractivity contribution in [3.8, 4) is 5.75 Å². The van der Waals surface area contributed by atoms with Crippen molar-refractivity contribution in [3.63, 3.8) is 0 Å². The number of hydrogen-bond donors (Lipinski definition) is 0. The minimum atomic E-state index is 0.577. The van der Waals surface area contributed by atoms with E-state index in [1.165, 1.54) is 4.88 Å². The van der Waals surface area contributed by atoms with E-state index in [0.29, 0.717) is 11.6 Å². The fraction of sp³-hybridized carbons (Fsp3) is 0.0909. The molecule has 0 amide bonds. The molecule has 0 fully saturated rings. The zero-order valence-corrected chi connectivity index (χ0v) is 8.94. The van der Waals surface area contributed by atoms with E-state index in [2.05, 4.69) is 6.07 Å². The summed E-state index contributed by atoms with van der Waals surface area (Å²) >= 11 is 7.45. The number of halogens is 1. The van der Waals surface area contributed by atoms with Crippen LogP contribution >= 0.6 is 22.9 Å². The van der Waals surface area contributed by atoms with Crippen LogP contribution in [-0.4, -0.2) is 0 Å². The first-order chi connectivity index (χ1) is 6.84. The molecule has 0 aliphatic carbocycles. The van der Waals surface area contributed by atoms with Crippen LogP contribution in [0.5, 0.6) is 5.75 Å². The van der Waals surface area contributed by atoms with Gasteiger partial charge in [-0.15, -0.1) is 11.3 Å². The molecule has 0 aliphatic heterocycles. The van der Waals surface area contributed by atoms with Gasteiger partial charge in [-0.3, -0.25) is 0 Å². The first-order valence-corrected chi connectivity index (χ1v) is 5.43. The molecule has 0 unspecified atom stereocenters. The molecule has 2 aromatic rings. The van der Waals surface area contributed by atoms with Crippen molar-refractivity contribution in [3.05, 3.63) is 51.7 Å². The molecule has 0 bridgehead atoms. The maximum atomic E-state index is 5.77. The highest BCUT2D eigenvalue weighted by Crippen LogP contribution is 2.18. The summed E-state index contributed by atoms with van der Waals surface area (Å²) in [7, 11) is 0. The Balaban J connectivity index is 1.98. The zero-order chi connectivity index (χ0) is 9.80. The number of thiophene rings is 1. The molecule has 0 atom stereocenters. The van der Waals surface area contributed by atoms with Gasteiger partial charge < -0.3 is 4.74 Å². The summed E-state index contributed by atoms with van der Waals surface area (Å²) in [5.74, 6) is 0.780. The van der Waals surface area contributed by atoms with Crippen molar-refractivity contribution in [1.29, 1.82) is 0 Å². The van der Waals surface area contributed by atoms with E-state index < -0.39 is 0 Å². The average Bonchev–Trinajstić information content (AvgIpc) is 2.67. The van der Waals surface area contributed by atoms with Crippen LogP contribution in [0.2, 0.25) is 5.02 Å². The van der Waals surface area contributed by atoms with Crippen LogP contribution in [0.25, 0.3) is 0 Å². The Labute approximate surface area is 91.9 Å². The number of ether oxygens (including phenoxy) is 1. The Bertz CT molecular complexity index is 397. The second-order valence-corrected chi connectivity index (χ2v) is 4.18. The molecule has 3 heteroatoms. The minimum absolute atomic E-state index is 0.577. The highest BCUT2D eigenvalue weighted by atomic mass is 35.5. The van der Waals surface area contributed by atoms with Gasteiger partial charge >= 0.3 is 0 Å². The zero-order valence-electron chi connectivity index (χ0n) is 7.37. The van der Waals surface area contributed by atoms with E-state index in [9.17, 15) is 0 Å². The smallest absolute Gasteiger partial charge is 0.122 e. The van der Waals surface area contributed by atoms with Crippen molar-refractivity contribution in [1.82, 2.24) is 0 Å². The molecule has 0 aliphatic rings. The highest BCUT2D eigenvalue weighted by molar-refractivity contribution is 7.09. The van der Waals surface area contributed by atoms with E-state index >= 15 is 0 Å². The van der Waals surface area contributed by atoms with Gasteiger partial charge in [0.15, 0.2) is 0 Å². The first kappa shape index (κ1) is 9.56. The lowest BCUT2D eigenvalue weighted by Gasteiger charge is -2.03. The molecule has 1 aromatic carbocycles. The molecular weight excluding hydrogens is 216 g/mol. The Morgan fingerprint density at radius 3 is 3.07 bits per heavy atom. The summed E-state index contributed by atoms with van der Waals surface area (Å²) in [6, 6.07) is 12.3. The Morgan fingerprint density at radius 1 is 1.43 bits per heavy atom. The first-order valence-electron chi connectivity index (χ1n) is 4.17. The highest BCUT2D eigenvalue weighted by Gasteiger charge is 1.97. The molecule has 1 aromatic heterocycles. The topological polar surface area (TPSA) is 9.23 Å². The fourth-order valence-corrected chi connectivity index (χ4v) is 1.84. The Morgan fingerprint density at radius 2 is 2.36 bits per heavy atom. The third kappa shape index (κ3) is 2.50. The summed E-state index contributed by atoms with van der Waals surface area (Å²) in [5.41, 5.74) is 0. The standard InChI is InChI=1S/C11H8ClOS/c12-9-3-1-4-10(7-9)13-8-11-5-2-6-14-11/h1-2,4-7H,8H2. The van der Waals surface area contributed by atoms with Crippen molar-refractivity contribution in [2.75, 3.05) is 0 Å². The van der Waals surface area contributed by atoms with E-state index in [4.69, 9.17) is 16.3 Å². The summed E-state index contributed by atoms with van der Waals surface area (Å²) in [6.07, 6.45) is 0. The van der Waals surface area contributed by atoms with Crippen LogP contribution in [-0.2, 0) is 6.61 Å².